The number of nitrogens with one attached hydrogen (secondary N) is 1. The lowest BCUT2D eigenvalue weighted by atomic mass is 10.1. The molecule has 2 aromatic rings. The first-order valence-electron chi connectivity index (χ1n) is 6.34. The van der Waals surface area contributed by atoms with Crippen LogP contribution in [-0.4, -0.2) is 25.1 Å². The number of ether oxygens (including phenoxy) is 2. The molecule has 0 fully saturated rings. The standard InChI is InChI=1S/C15H14N2O5/c1-21-12-8-5-9-13(22-2)14(12)15(18)16-10-6-3-4-7-11(10)17(19)20/h3-9H,1-2H3,(H,16,18). The molecule has 0 aliphatic rings. The van der Waals surface area contributed by atoms with Gasteiger partial charge < -0.3 is 14.8 Å². The molecule has 0 aliphatic carbocycles. The molecular formula is C15H14N2O5. The maximum atomic E-state index is 12.5. The quantitative estimate of drug-likeness (QED) is 0.677. The summed E-state index contributed by atoms with van der Waals surface area (Å²) in [4.78, 5) is 22.9. The smallest absolute Gasteiger partial charge is 0.292 e. The van der Waals surface area contributed by atoms with Crippen LogP contribution in [0.25, 0.3) is 0 Å². The number of nitro groups is 1. The topological polar surface area (TPSA) is 90.7 Å². The van der Waals surface area contributed by atoms with Crippen LogP contribution >= 0.6 is 0 Å². The predicted molar refractivity (Wildman–Crippen MR) is 80.6 cm³/mol. The van der Waals surface area contributed by atoms with Crippen molar-refractivity contribution in [1.82, 2.24) is 0 Å². The molecule has 7 heteroatoms. The minimum absolute atomic E-state index is 0.102. The molecule has 2 rings (SSSR count). The predicted octanol–water partition coefficient (Wildman–Crippen LogP) is 2.86. The van der Waals surface area contributed by atoms with Gasteiger partial charge in [-0.05, 0) is 18.2 Å². The van der Waals surface area contributed by atoms with Crippen LogP contribution in [0.5, 0.6) is 11.5 Å². The Kier molecular flexibility index (Phi) is 4.57. The monoisotopic (exact) mass is 302 g/mol. The van der Waals surface area contributed by atoms with Crippen molar-refractivity contribution in [3.8, 4) is 11.5 Å². The molecule has 0 aromatic heterocycles. The number of methoxy groups -OCH3 is 2. The van der Waals surface area contributed by atoms with Crippen LogP contribution in [0.15, 0.2) is 42.5 Å². The molecule has 7 nitrogen and oxygen atoms in total. The number of benzene rings is 2. The maximum absolute atomic E-state index is 12.5. The number of rotatable bonds is 5. The summed E-state index contributed by atoms with van der Waals surface area (Å²) in [6.45, 7) is 0. The number of nitrogens with zero attached hydrogens (tertiary/aromatic N) is 1. The van der Waals surface area contributed by atoms with Gasteiger partial charge in [-0.2, -0.15) is 0 Å². The first-order valence-corrected chi connectivity index (χ1v) is 6.34. The average molecular weight is 302 g/mol. The molecule has 0 bridgehead atoms. The van der Waals surface area contributed by atoms with Crippen molar-refractivity contribution < 1.29 is 19.2 Å². The Morgan fingerprint density at radius 2 is 1.64 bits per heavy atom. The van der Waals surface area contributed by atoms with Gasteiger partial charge in [0, 0.05) is 6.07 Å². The molecule has 0 atom stereocenters. The van der Waals surface area contributed by atoms with E-state index in [4.69, 9.17) is 9.47 Å². The fraction of sp³-hybridized carbons (Fsp3) is 0.133. The summed E-state index contributed by atoms with van der Waals surface area (Å²) in [5.41, 5.74) is 0.0841. The highest BCUT2D eigenvalue weighted by molar-refractivity contribution is 6.09. The van der Waals surface area contributed by atoms with E-state index in [0.717, 1.165) is 0 Å². The summed E-state index contributed by atoms with van der Waals surface area (Å²) >= 11 is 0. The van der Waals surface area contributed by atoms with Gasteiger partial charge in [0.15, 0.2) is 0 Å². The molecule has 0 radical (unpaired) electrons. The van der Waals surface area contributed by atoms with E-state index in [2.05, 4.69) is 5.32 Å². The third-order valence-corrected chi connectivity index (χ3v) is 3.00. The molecule has 0 aliphatic heterocycles. The Labute approximate surface area is 126 Å². The van der Waals surface area contributed by atoms with E-state index in [9.17, 15) is 14.9 Å². The van der Waals surface area contributed by atoms with Gasteiger partial charge in [0.2, 0.25) is 0 Å². The Balaban J connectivity index is 2.41. The Morgan fingerprint density at radius 1 is 1.05 bits per heavy atom. The van der Waals surface area contributed by atoms with Crippen molar-refractivity contribution in [2.75, 3.05) is 19.5 Å². The molecule has 114 valence electrons. The number of para-hydroxylation sites is 2. The lowest BCUT2D eigenvalue weighted by Crippen LogP contribution is -2.15. The number of anilines is 1. The summed E-state index contributed by atoms with van der Waals surface area (Å²) in [5.74, 6) is 0.0782. The summed E-state index contributed by atoms with van der Waals surface area (Å²) < 4.78 is 10.3. The number of amides is 1. The second kappa shape index (κ2) is 6.57. The van der Waals surface area contributed by atoms with Gasteiger partial charge in [-0.25, -0.2) is 0 Å². The first kappa shape index (κ1) is 15.3. The number of hydrogen-bond acceptors (Lipinski definition) is 5. The third kappa shape index (κ3) is 2.98. The molecular weight excluding hydrogens is 288 g/mol. The first-order chi connectivity index (χ1) is 10.6. The molecule has 0 unspecified atom stereocenters. The van der Waals surface area contributed by atoms with E-state index < -0.39 is 10.8 Å². The van der Waals surface area contributed by atoms with Gasteiger partial charge in [-0.1, -0.05) is 18.2 Å². The zero-order valence-electron chi connectivity index (χ0n) is 12.0. The summed E-state index contributed by atoms with van der Waals surface area (Å²) in [6, 6.07) is 10.8. The van der Waals surface area contributed by atoms with Crippen LogP contribution in [-0.2, 0) is 0 Å². The van der Waals surface area contributed by atoms with E-state index in [0.29, 0.717) is 11.5 Å². The van der Waals surface area contributed by atoms with Gasteiger partial charge in [0.1, 0.15) is 22.7 Å². The highest BCUT2D eigenvalue weighted by Crippen LogP contribution is 2.30. The minimum atomic E-state index is -0.560. The fourth-order valence-corrected chi connectivity index (χ4v) is 2.00. The highest BCUT2D eigenvalue weighted by Gasteiger charge is 2.21. The Morgan fingerprint density at radius 3 is 2.18 bits per heavy atom. The zero-order valence-corrected chi connectivity index (χ0v) is 12.0. The van der Waals surface area contributed by atoms with E-state index >= 15 is 0 Å². The van der Waals surface area contributed by atoms with Crippen molar-refractivity contribution >= 4 is 17.3 Å². The molecule has 22 heavy (non-hydrogen) atoms. The molecule has 2 aromatic carbocycles. The van der Waals surface area contributed by atoms with Gasteiger partial charge in [0.05, 0.1) is 19.1 Å². The van der Waals surface area contributed by atoms with Gasteiger partial charge in [-0.15, -0.1) is 0 Å². The normalized spacial score (nSPS) is 9.91. The second-order valence-corrected chi connectivity index (χ2v) is 4.27. The largest absolute Gasteiger partial charge is 0.496 e. The van der Waals surface area contributed by atoms with Crippen molar-refractivity contribution in [3.63, 3.8) is 0 Å². The lowest BCUT2D eigenvalue weighted by Gasteiger charge is -2.13. The van der Waals surface area contributed by atoms with E-state index in [-0.39, 0.29) is 16.9 Å². The van der Waals surface area contributed by atoms with Crippen molar-refractivity contribution in [3.05, 3.63) is 58.1 Å². The average Bonchev–Trinajstić information content (AvgIpc) is 2.54. The molecule has 0 saturated heterocycles. The van der Waals surface area contributed by atoms with Crippen LogP contribution < -0.4 is 14.8 Å². The van der Waals surface area contributed by atoms with Crippen molar-refractivity contribution in [2.24, 2.45) is 0 Å². The third-order valence-electron chi connectivity index (χ3n) is 3.00. The summed E-state index contributed by atoms with van der Waals surface area (Å²) in [7, 11) is 2.85. The molecule has 0 heterocycles. The summed E-state index contributed by atoms with van der Waals surface area (Å²) in [6.07, 6.45) is 0. The zero-order chi connectivity index (χ0) is 16.1. The Hall–Kier alpha value is -3.09. The number of carbonyl (C=O) groups is 1. The molecule has 0 saturated carbocycles. The number of hydrogen-bond donors (Lipinski definition) is 1. The lowest BCUT2D eigenvalue weighted by molar-refractivity contribution is -0.383. The molecule has 1 amide bonds. The van der Waals surface area contributed by atoms with Crippen LogP contribution in [0.4, 0.5) is 11.4 Å². The van der Waals surface area contributed by atoms with Crippen LogP contribution in [0.2, 0.25) is 0 Å². The van der Waals surface area contributed by atoms with E-state index in [1.54, 1.807) is 24.3 Å². The SMILES string of the molecule is COc1cccc(OC)c1C(=O)Nc1ccccc1[N+](=O)[O-]. The van der Waals surface area contributed by atoms with E-state index in [1.165, 1.54) is 32.4 Å². The number of nitro benzene ring substituents is 1. The van der Waals surface area contributed by atoms with Gasteiger partial charge in [-0.3, -0.25) is 14.9 Å². The van der Waals surface area contributed by atoms with Crippen LogP contribution in [0.1, 0.15) is 10.4 Å². The summed E-state index contributed by atoms with van der Waals surface area (Å²) in [5, 5.41) is 13.5. The fourth-order valence-electron chi connectivity index (χ4n) is 2.00. The Bertz CT molecular complexity index is 693. The minimum Gasteiger partial charge on any atom is -0.496 e. The maximum Gasteiger partial charge on any atom is 0.292 e. The number of carbonyl (C=O) groups excluding carboxylic acids is 1. The van der Waals surface area contributed by atoms with Gasteiger partial charge >= 0.3 is 0 Å². The molecule has 1 N–H and O–H groups in total. The van der Waals surface area contributed by atoms with Crippen LogP contribution in [0.3, 0.4) is 0 Å². The van der Waals surface area contributed by atoms with Crippen LogP contribution in [0, 0.1) is 10.1 Å². The van der Waals surface area contributed by atoms with Gasteiger partial charge in [0.25, 0.3) is 11.6 Å². The van der Waals surface area contributed by atoms with Crippen molar-refractivity contribution in [1.29, 1.82) is 0 Å². The van der Waals surface area contributed by atoms with Crippen molar-refractivity contribution in [2.45, 2.75) is 0 Å². The van der Waals surface area contributed by atoms with E-state index in [1.807, 2.05) is 0 Å². The highest BCUT2D eigenvalue weighted by atomic mass is 16.6. The molecule has 0 spiro atoms. The second-order valence-electron chi connectivity index (χ2n) is 4.27.